The van der Waals surface area contributed by atoms with Crippen molar-refractivity contribution in [1.29, 1.82) is 0 Å². The average molecular weight is 523 g/mol. The first kappa shape index (κ1) is 26.4. The van der Waals surface area contributed by atoms with E-state index >= 15 is 0 Å². The van der Waals surface area contributed by atoms with E-state index in [4.69, 9.17) is 0 Å². The van der Waals surface area contributed by atoms with E-state index < -0.39 is 5.91 Å². The van der Waals surface area contributed by atoms with Gasteiger partial charge in [0, 0.05) is 22.3 Å². The summed E-state index contributed by atoms with van der Waals surface area (Å²) in [4.78, 5) is 43.4. The Bertz CT molecular complexity index is 1410. The van der Waals surface area contributed by atoms with Gasteiger partial charge >= 0.3 is 0 Å². The zero-order valence-corrected chi connectivity index (χ0v) is 21.4. The highest BCUT2D eigenvalue weighted by Crippen LogP contribution is 2.25. The maximum Gasteiger partial charge on any atom is 0.272 e. The molecule has 0 fully saturated rings. The van der Waals surface area contributed by atoms with Crippen LogP contribution in [0.15, 0.2) is 120 Å². The van der Waals surface area contributed by atoms with Crippen molar-refractivity contribution in [3.63, 3.8) is 0 Å². The van der Waals surface area contributed by atoms with Gasteiger partial charge in [-0.25, -0.2) is 4.98 Å². The monoisotopic (exact) mass is 522 g/mol. The Kier molecular flexibility index (Phi) is 9.04. The number of nitrogens with one attached hydrogen (secondary N) is 3. The zero-order valence-electron chi connectivity index (χ0n) is 20.6. The molecule has 3 N–H and O–H groups in total. The largest absolute Gasteiger partial charge is 0.321 e. The fraction of sp³-hybridized carbons (Fsp3) is 0.0667. The lowest BCUT2D eigenvalue weighted by Crippen LogP contribution is -2.30. The second-order valence-corrected chi connectivity index (χ2v) is 9.65. The first-order valence-corrected chi connectivity index (χ1v) is 12.8. The predicted octanol–water partition coefficient (Wildman–Crippen LogP) is 5.61. The average Bonchev–Trinajstić information content (AvgIpc) is 2.95. The highest BCUT2D eigenvalue weighted by atomic mass is 32.2. The quantitative estimate of drug-likeness (QED) is 0.196. The van der Waals surface area contributed by atoms with Gasteiger partial charge in [-0.15, -0.1) is 11.8 Å². The smallest absolute Gasteiger partial charge is 0.272 e. The number of pyridine rings is 1. The summed E-state index contributed by atoms with van der Waals surface area (Å²) in [6.07, 6.45) is 3.25. The van der Waals surface area contributed by atoms with Crippen molar-refractivity contribution in [2.24, 2.45) is 0 Å². The van der Waals surface area contributed by atoms with Crippen LogP contribution in [0.2, 0.25) is 0 Å². The highest BCUT2D eigenvalue weighted by molar-refractivity contribution is 8.00. The Balaban J connectivity index is 1.41. The number of aromatic nitrogens is 1. The number of rotatable bonds is 9. The van der Waals surface area contributed by atoms with Crippen LogP contribution in [0.1, 0.15) is 22.8 Å². The van der Waals surface area contributed by atoms with E-state index in [0.717, 1.165) is 10.5 Å². The number of hydrogen-bond donors (Lipinski definition) is 3. The first-order chi connectivity index (χ1) is 18.5. The van der Waals surface area contributed by atoms with Crippen LogP contribution in [-0.4, -0.2) is 28.0 Å². The van der Waals surface area contributed by atoms with Gasteiger partial charge in [0.2, 0.25) is 5.91 Å². The first-order valence-electron chi connectivity index (χ1n) is 11.9. The molecule has 7 nitrogen and oxygen atoms in total. The molecule has 0 aliphatic carbocycles. The predicted molar refractivity (Wildman–Crippen MR) is 152 cm³/mol. The summed E-state index contributed by atoms with van der Waals surface area (Å²) in [5, 5.41) is 8.00. The third-order valence-electron chi connectivity index (χ3n) is 5.35. The Morgan fingerprint density at radius 2 is 1.45 bits per heavy atom. The van der Waals surface area contributed by atoms with Gasteiger partial charge in [-0.1, -0.05) is 54.6 Å². The Morgan fingerprint density at radius 1 is 0.789 bits per heavy atom. The molecule has 1 heterocycles. The number of nitrogens with zero attached hydrogens (tertiary/aromatic N) is 1. The third-order valence-corrected chi connectivity index (χ3v) is 6.46. The fourth-order valence-corrected chi connectivity index (χ4v) is 4.26. The van der Waals surface area contributed by atoms with Crippen LogP contribution in [0.25, 0.3) is 6.08 Å². The second kappa shape index (κ2) is 13.0. The Labute approximate surface area is 225 Å². The summed E-state index contributed by atoms with van der Waals surface area (Å²) in [6.45, 7) is 1.81. The Morgan fingerprint density at radius 3 is 2.11 bits per heavy atom. The molecule has 1 atom stereocenters. The van der Waals surface area contributed by atoms with Gasteiger partial charge in [0.05, 0.1) is 5.25 Å². The molecule has 3 aromatic carbocycles. The van der Waals surface area contributed by atoms with Gasteiger partial charge in [0.25, 0.3) is 11.8 Å². The van der Waals surface area contributed by atoms with Crippen LogP contribution in [0, 0.1) is 0 Å². The number of hydrogen-bond acceptors (Lipinski definition) is 5. The van der Waals surface area contributed by atoms with E-state index in [1.54, 1.807) is 66.9 Å². The third kappa shape index (κ3) is 7.65. The number of carbonyl (C=O) groups excluding carboxylic acids is 3. The summed E-state index contributed by atoms with van der Waals surface area (Å²) in [5.74, 6) is -0.494. The molecule has 0 aliphatic heterocycles. The fourth-order valence-electron chi connectivity index (χ4n) is 3.40. The normalized spacial score (nSPS) is 11.8. The van der Waals surface area contributed by atoms with Crippen LogP contribution in [0.5, 0.6) is 0 Å². The van der Waals surface area contributed by atoms with Crippen LogP contribution in [-0.2, 0) is 9.59 Å². The molecule has 0 aliphatic rings. The number of thioether (sulfide) groups is 1. The topological polar surface area (TPSA) is 100 Å². The summed E-state index contributed by atoms with van der Waals surface area (Å²) in [6, 6.07) is 30.5. The van der Waals surface area contributed by atoms with Crippen LogP contribution in [0.3, 0.4) is 0 Å². The van der Waals surface area contributed by atoms with Crippen LogP contribution in [0.4, 0.5) is 11.5 Å². The van der Waals surface area contributed by atoms with Gasteiger partial charge < -0.3 is 16.0 Å². The number of amides is 3. The molecule has 0 radical (unpaired) electrons. The molecule has 3 amide bonds. The SMILES string of the molecule is CC(Sc1ccc(NC(=O)/C(=C/c2ccccc2)NC(=O)c2ccccc2)cc1)C(=O)Nc1ccccn1. The van der Waals surface area contributed by atoms with Crippen molar-refractivity contribution in [3.8, 4) is 0 Å². The van der Waals surface area contributed by atoms with E-state index in [0.29, 0.717) is 17.1 Å². The molecule has 1 aromatic heterocycles. The van der Waals surface area contributed by atoms with Gasteiger partial charge in [-0.2, -0.15) is 0 Å². The molecule has 4 rings (SSSR count). The van der Waals surface area contributed by atoms with Crippen molar-refractivity contribution in [2.75, 3.05) is 10.6 Å². The minimum absolute atomic E-state index is 0.114. The van der Waals surface area contributed by atoms with Gasteiger partial charge in [0.1, 0.15) is 11.5 Å². The summed E-state index contributed by atoms with van der Waals surface area (Å²) in [7, 11) is 0. The lowest BCUT2D eigenvalue weighted by atomic mass is 10.1. The Hall–Kier alpha value is -4.69. The maximum atomic E-state index is 13.2. The van der Waals surface area contributed by atoms with E-state index in [1.165, 1.54) is 11.8 Å². The zero-order chi connectivity index (χ0) is 26.7. The molecule has 0 spiro atoms. The lowest BCUT2D eigenvalue weighted by molar-refractivity contribution is -0.115. The van der Waals surface area contributed by atoms with Crippen molar-refractivity contribution in [3.05, 3.63) is 126 Å². The number of benzene rings is 3. The summed E-state index contributed by atoms with van der Waals surface area (Å²) in [5.41, 5.74) is 1.89. The van der Waals surface area contributed by atoms with E-state index in [2.05, 4.69) is 20.9 Å². The molecule has 8 heteroatoms. The molecule has 0 saturated heterocycles. The second-order valence-electron chi connectivity index (χ2n) is 8.23. The minimum atomic E-state index is -0.457. The number of carbonyl (C=O) groups is 3. The molecule has 0 saturated carbocycles. The number of anilines is 2. The van der Waals surface area contributed by atoms with Crippen LogP contribution < -0.4 is 16.0 Å². The maximum absolute atomic E-state index is 13.2. The van der Waals surface area contributed by atoms with Crippen LogP contribution >= 0.6 is 11.8 Å². The lowest BCUT2D eigenvalue weighted by Gasteiger charge is -2.13. The minimum Gasteiger partial charge on any atom is -0.321 e. The van der Waals surface area contributed by atoms with E-state index in [-0.39, 0.29) is 22.8 Å². The van der Waals surface area contributed by atoms with Crippen molar-refractivity contribution < 1.29 is 14.4 Å². The molecular weight excluding hydrogens is 496 g/mol. The molecular formula is C30H26N4O3S. The van der Waals surface area contributed by atoms with Gasteiger partial charge in [-0.05, 0) is 67.1 Å². The van der Waals surface area contributed by atoms with Crippen molar-refractivity contribution in [1.82, 2.24) is 10.3 Å². The van der Waals surface area contributed by atoms with Gasteiger partial charge in [-0.3, -0.25) is 14.4 Å². The molecule has 38 heavy (non-hydrogen) atoms. The highest BCUT2D eigenvalue weighted by Gasteiger charge is 2.17. The van der Waals surface area contributed by atoms with Crippen molar-refractivity contribution >= 4 is 47.1 Å². The molecule has 190 valence electrons. The standard InChI is InChI=1S/C30H26N4O3S/c1-21(28(35)34-27-14-8-9-19-31-27)38-25-17-15-24(16-18-25)32-30(37)26(20-22-10-4-2-5-11-22)33-29(36)23-12-6-3-7-13-23/h2-21H,1H3,(H,32,37)(H,33,36)(H,31,34,35)/b26-20-. The summed E-state index contributed by atoms with van der Waals surface area (Å²) < 4.78 is 0. The summed E-state index contributed by atoms with van der Waals surface area (Å²) >= 11 is 1.39. The molecule has 0 bridgehead atoms. The molecule has 1 unspecified atom stereocenters. The van der Waals surface area contributed by atoms with E-state index in [1.807, 2.05) is 55.5 Å². The van der Waals surface area contributed by atoms with Crippen molar-refractivity contribution in [2.45, 2.75) is 17.1 Å². The van der Waals surface area contributed by atoms with Gasteiger partial charge in [0.15, 0.2) is 0 Å². The van der Waals surface area contributed by atoms with E-state index in [9.17, 15) is 14.4 Å². The molecule has 4 aromatic rings.